The van der Waals surface area contributed by atoms with E-state index in [1.54, 1.807) is 0 Å². The lowest BCUT2D eigenvalue weighted by molar-refractivity contribution is -0.149. The first kappa shape index (κ1) is 21.9. The molecule has 0 bridgehead atoms. The third-order valence-corrected chi connectivity index (χ3v) is 4.36. The van der Waals surface area contributed by atoms with E-state index < -0.39 is 47.9 Å². The first-order chi connectivity index (χ1) is 12.0. The van der Waals surface area contributed by atoms with E-state index >= 15 is 0 Å². The Labute approximate surface area is 153 Å². The summed E-state index contributed by atoms with van der Waals surface area (Å²) in [6.45, 7) is 7.24. The third-order valence-electron chi connectivity index (χ3n) is 4.36. The Balaban J connectivity index is 2.56. The van der Waals surface area contributed by atoms with Gasteiger partial charge in [-0.15, -0.1) is 0 Å². The highest BCUT2D eigenvalue weighted by atomic mass is 16.4. The van der Waals surface area contributed by atoms with E-state index in [1.165, 1.54) is 18.7 Å². The zero-order chi connectivity index (χ0) is 20.0. The van der Waals surface area contributed by atoms with Crippen molar-refractivity contribution in [1.29, 1.82) is 0 Å². The lowest BCUT2D eigenvalue weighted by atomic mass is 10.0. The molecule has 0 aliphatic carbocycles. The van der Waals surface area contributed by atoms with Gasteiger partial charge in [-0.1, -0.05) is 13.8 Å². The summed E-state index contributed by atoms with van der Waals surface area (Å²) in [5.74, 6) is -2.19. The average molecular weight is 370 g/mol. The number of nitrogens with zero attached hydrogens (tertiary/aromatic N) is 1. The summed E-state index contributed by atoms with van der Waals surface area (Å²) >= 11 is 0. The van der Waals surface area contributed by atoms with E-state index in [4.69, 9.17) is 10.8 Å². The fourth-order valence-electron chi connectivity index (χ4n) is 2.94. The molecule has 4 unspecified atom stereocenters. The van der Waals surface area contributed by atoms with Crippen molar-refractivity contribution in [2.24, 2.45) is 11.7 Å². The second-order valence-electron chi connectivity index (χ2n) is 7.22. The number of likely N-dealkylation sites (tertiary alicyclic amines) is 1. The molecule has 4 atom stereocenters. The number of carbonyl (C=O) groups is 4. The Morgan fingerprint density at radius 2 is 1.65 bits per heavy atom. The van der Waals surface area contributed by atoms with Gasteiger partial charge in [0, 0.05) is 6.54 Å². The van der Waals surface area contributed by atoms with Gasteiger partial charge in [-0.3, -0.25) is 14.4 Å². The number of aliphatic carboxylic acids is 1. The van der Waals surface area contributed by atoms with Crippen LogP contribution >= 0.6 is 0 Å². The quantitative estimate of drug-likeness (QED) is 0.451. The summed E-state index contributed by atoms with van der Waals surface area (Å²) in [6, 6.07) is -3.30. The molecule has 0 aromatic rings. The van der Waals surface area contributed by atoms with Crippen LogP contribution in [0.2, 0.25) is 0 Å². The number of hydrogen-bond acceptors (Lipinski definition) is 5. The molecule has 9 heteroatoms. The third kappa shape index (κ3) is 5.98. The van der Waals surface area contributed by atoms with Crippen LogP contribution in [0.25, 0.3) is 0 Å². The summed E-state index contributed by atoms with van der Waals surface area (Å²) < 4.78 is 0. The van der Waals surface area contributed by atoms with Gasteiger partial charge in [0.2, 0.25) is 17.7 Å². The lowest BCUT2D eigenvalue weighted by Gasteiger charge is -2.26. The van der Waals surface area contributed by atoms with Crippen LogP contribution in [0.15, 0.2) is 0 Å². The van der Waals surface area contributed by atoms with Gasteiger partial charge in [0.1, 0.15) is 18.1 Å². The Morgan fingerprint density at radius 1 is 1.08 bits per heavy atom. The fourth-order valence-corrected chi connectivity index (χ4v) is 2.94. The maximum atomic E-state index is 12.4. The van der Waals surface area contributed by atoms with Gasteiger partial charge in [-0.05, 0) is 39.0 Å². The number of carboxylic acids is 1. The standard InChI is InChI=1S/C17H30N4O5/c1-9(2)8-12(18)15(23)19-10(3)14(22)20-11(4)16(24)21-7-5-6-13(21)17(25)26/h9-13H,5-8,18H2,1-4H3,(H,19,23)(H,20,22)(H,25,26). The van der Waals surface area contributed by atoms with E-state index in [9.17, 15) is 19.2 Å². The lowest BCUT2D eigenvalue weighted by Crippen LogP contribution is -2.55. The minimum atomic E-state index is -1.05. The van der Waals surface area contributed by atoms with Gasteiger partial charge in [-0.2, -0.15) is 0 Å². The van der Waals surface area contributed by atoms with Gasteiger partial charge in [0.25, 0.3) is 0 Å². The first-order valence-electron chi connectivity index (χ1n) is 8.94. The molecule has 0 spiro atoms. The van der Waals surface area contributed by atoms with Crippen LogP contribution in [-0.4, -0.2) is 64.4 Å². The van der Waals surface area contributed by atoms with Crippen molar-refractivity contribution in [2.75, 3.05) is 6.54 Å². The molecular formula is C17H30N4O5. The number of nitrogens with one attached hydrogen (secondary N) is 2. The van der Waals surface area contributed by atoms with E-state index in [2.05, 4.69) is 10.6 Å². The molecular weight excluding hydrogens is 340 g/mol. The minimum absolute atomic E-state index is 0.250. The number of rotatable bonds is 8. The number of carbonyl (C=O) groups excluding carboxylic acids is 3. The molecule has 1 rings (SSSR count). The Hall–Kier alpha value is -2.16. The van der Waals surface area contributed by atoms with Crippen molar-refractivity contribution in [3.05, 3.63) is 0 Å². The maximum Gasteiger partial charge on any atom is 0.326 e. The Morgan fingerprint density at radius 3 is 2.19 bits per heavy atom. The zero-order valence-electron chi connectivity index (χ0n) is 15.8. The topological polar surface area (TPSA) is 142 Å². The van der Waals surface area contributed by atoms with E-state index in [1.807, 2.05) is 13.8 Å². The molecule has 5 N–H and O–H groups in total. The molecule has 0 radical (unpaired) electrons. The van der Waals surface area contributed by atoms with Crippen molar-refractivity contribution in [3.63, 3.8) is 0 Å². The summed E-state index contributed by atoms with van der Waals surface area (Å²) in [6.07, 6.45) is 1.52. The van der Waals surface area contributed by atoms with Crippen molar-refractivity contribution in [3.8, 4) is 0 Å². The molecule has 9 nitrogen and oxygen atoms in total. The predicted molar refractivity (Wildman–Crippen MR) is 95.0 cm³/mol. The summed E-state index contributed by atoms with van der Waals surface area (Å²) in [5, 5.41) is 14.2. The SMILES string of the molecule is CC(C)CC(N)C(=O)NC(C)C(=O)NC(C)C(=O)N1CCCC1C(=O)O. The molecule has 3 amide bonds. The smallest absolute Gasteiger partial charge is 0.326 e. The molecule has 1 fully saturated rings. The van der Waals surface area contributed by atoms with E-state index in [0.717, 1.165) is 0 Å². The van der Waals surface area contributed by atoms with Crippen LogP contribution in [-0.2, 0) is 19.2 Å². The molecule has 1 aliphatic heterocycles. The van der Waals surface area contributed by atoms with Gasteiger partial charge in [0.15, 0.2) is 0 Å². The maximum absolute atomic E-state index is 12.4. The van der Waals surface area contributed by atoms with Gasteiger partial charge in [-0.25, -0.2) is 4.79 Å². The van der Waals surface area contributed by atoms with Gasteiger partial charge < -0.3 is 26.4 Å². The van der Waals surface area contributed by atoms with Crippen molar-refractivity contribution in [1.82, 2.24) is 15.5 Å². The molecule has 0 aromatic carbocycles. The highest BCUT2D eigenvalue weighted by Crippen LogP contribution is 2.18. The van der Waals surface area contributed by atoms with Crippen LogP contribution < -0.4 is 16.4 Å². The number of amides is 3. The molecule has 1 saturated heterocycles. The zero-order valence-corrected chi connectivity index (χ0v) is 15.8. The van der Waals surface area contributed by atoms with Gasteiger partial charge >= 0.3 is 5.97 Å². The average Bonchev–Trinajstić information content (AvgIpc) is 3.02. The summed E-state index contributed by atoms with van der Waals surface area (Å²) in [4.78, 5) is 49.1. The van der Waals surface area contributed by atoms with E-state index in [0.29, 0.717) is 25.8 Å². The second kappa shape index (κ2) is 9.51. The van der Waals surface area contributed by atoms with E-state index in [-0.39, 0.29) is 5.92 Å². The van der Waals surface area contributed by atoms with Crippen LogP contribution in [0.1, 0.15) is 47.0 Å². The fraction of sp³-hybridized carbons (Fsp3) is 0.765. The summed E-state index contributed by atoms with van der Waals surface area (Å²) in [5.41, 5.74) is 5.78. The first-order valence-corrected chi connectivity index (χ1v) is 8.94. The molecule has 1 aliphatic rings. The monoisotopic (exact) mass is 370 g/mol. The molecule has 148 valence electrons. The van der Waals surface area contributed by atoms with Crippen LogP contribution in [0.4, 0.5) is 0 Å². The van der Waals surface area contributed by atoms with Gasteiger partial charge in [0.05, 0.1) is 6.04 Å². The van der Waals surface area contributed by atoms with Crippen LogP contribution in [0.3, 0.4) is 0 Å². The molecule has 1 heterocycles. The Bertz CT molecular complexity index is 551. The number of nitrogens with two attached hydrogens (primary N) is 1. The molecule has 26 heavy (non-hydrogen) atoms. The van der Waals surface area contributed by atoms with Crippen molar-refractivity contribution >= 4 is 23.7 Å². The molecule has 0 aromatic heterocycles. The minimum Gasteiger partial charge on any atom is -0.480 e. The number of carboxylic acid groups (broad SMARTS) is 1. The van der Waals surface area contributed by atoms with Crippen molar-refractivity contribution < 1.29 is 24.3 Å². The largest absolute Gasteiger partial charge is 0.480 e. The Kier molecular flexibility index (Phi) is 8.01. The normalized spacial score (nSPS) is 20.4. The van der Waals surface area contributed by atoms with Crippen LogP contribution in [0.5, 0.6) is 0 Å². The highest BCUT2D eigenvalue weighted by Gasteiger charge is 2.36. The predicted octanol–water partition coefficient (Wildman–Crippen LogP) is -0.555. The number of hydrogen-bond donors (Lipinski definition) is 4. The summed E-state index contributed by atoms with van der Waals surface area (Å²) in [7, 11) is 0. The van der Waals surface area contributed by atoms with Crippen LogP contribution in [0, 0.1) is 5.92 Å². The second-order valence-corrected chi connectivity index (χ2v) is 7.22. The highest BCUT2D eigenvalue weighted by molar-refractivity contribution is 5.93. The molecule has 0 saturated carbocycles. The van der Waals surface area contributed by atoms with Crippen molar-refractivity contribution in [2.45, 2.75) is 71.1 Å².